The largest absolute Gasteiger partial charge is 0.496 e. The standard InChI is InChI=1S/C13H18O2S2/c1-5-10-6-7-11(12(8-10)15-2)9-13(16-3)17(4)14/h6-9H,5H2,1-4H3/b13-9+. The van der Waals surface area contributed by atoms with E-state index in [1.54, 1.807) is 13.4 Å². The Balaban J connectivity index is 3.17. The molecule has 1 unspecified atom stereocenters. The van der Waals surface area contributed by atoms with Gasteiger partial charge in [-0.3, -0.25) is 4.21 Å². The van der Waals surface area contributed by atoms with E-state index in [9.17, 15) is 4.21 Å². The van der Waals surface area contributed by atoms with Crippen LogP contribution in [0.5, 0.6) is 5.75 Å². The molecule has 0 heterocycles. The van der Waals surface area contributed by atoms with Crippen LogP contribution in [0.25, 0.3) is 6.08 Å². The lowest BCUT2D eigenvalue weighted by atomic mass is 10.1. The molecule has 0 aliphatic rings. The quantitative estimate of drug-likeness (QED) is 0.821. The van der Waals surface area contributed by atoms with Gasteiger partial charge >= 0.3 is 0 Å². The van der Waals surface area contributed by atoms with E-state index in [-0.39, 0.29) is 0 Å². The Morgan fingerprint density at radius 2 is 2.24 bits per heavy atom. The molecule has 0 saturated carbocycles. The summed E-state index contributed by atoms with van der Waals surface area (Å²) in [6.07, 6.45) is 6.53. The molecule has 4 heteroatoms. The summed E-state index contributed by atoms with van der Waals surface area (Å²) in [7, 11) is 0.708. The van der Waals surface area contributed by atoms with E-state index in [2.05, 4.69) is 13.0 Å². The average molecular weight is 270 g/mol. The lowest BCUT2D eigenvalue weighted by Gasteiger charge is -2.08. The number of aryl methyl sites for hydroxylation is 1. The second-order valence-electron chi connectivity index (χ2n) is 3.55. The van der Waals surface area contributed by atoms with E-state index in [1.807, 2.05) is 24.5 Å². The van der Waals surface area contributed by atoms with Gasteiger partial charge in [0.2, 0.25) is 0 Å². The number of methoxy groups -OCH3 is 1. The molecule has 1 aromatic rings. The van der Waals surface area contributed by atoms with Crippen LogP contribution in [0, 0.1) is 0 Å². The molecule has 0 aliphatic carbocycles. The fourth-order valence-corrected chi connectivity index (χ4v) is 2.96. The van der Waals surface area contributed by atoms with Crippen molar-refractivity contribution < 1.29 is 8.95 Å². The predicted octanol–water partition coefficient (Wildman–Crippen LogP) is 3.30. The van der Waals surface area contributed by atoms with Crippen molar-refractivity contribution >= 4 is 28.6 Å². The Labute approximate surface area is 110 Å². The van der Waals surface area contributed by atoms with Gasteiger partial charge in [0.25, 0.3) is 0 Å². The highest BCUT2D eigenvalue weighted by Gasteiger charge is 2.05. The van der Waals surface area contributed by atoms with Crippen molar-refractivity contribution in [2.45, 2.75) is 13.3 Å². The van der Waals surface area contributed by atoms with Gasteiger partial charge in [0, 0.05) is 11.8 Å². The van der Waals surface area contributed by atoms with Crippen molar-refractivity contribution in [1.29, 1.82) is 0 Å². The third kappa shape index (κ3) is 3.89. The lowest BCUT2D eigenvalue weighted by molar-refractivity contribution is 0.413. The molecule has 94 valence electrons. The van der Waals surface area contributed by atoms with Gasteiger partial charge in [-0.2, -0.15) is 0 Å². The molecule has 0 aromatic heterocycles. The Hall–Kier alpha value is -0.740. The molecule has 0 amide bonds. The highest BCUT2D eigenvalue weighted by Crippen LogP contribution is 2.26. The number of thioether (sulfide) groups is 1. The van der Waals surface area contributed by atoms with E-state index < -0.39 is 10.8 Å². The summed E-state index contributed by atoms with van der Waals surface area (Å²) in [6, 6.07) is 6.12. The van der Waals surface area contributed by atoms with Gasteiger partial charge in [-0.1, -0.05) is 19.1 Å². The summed E-state index contributed by atoms with van der Waals surface area (Å²) in [5.74, 6) is 0.835. The summed E-state index contributed by atoms with van der Waals surface area (Å²) in [6.45, 7) is 2.11. The third-order valence-corrected chi connectivity index (χ3v) is 4.87. The van der Waals surface area contributed by atoms with Crippen molar-refractivity contribution in [3.8, 4) is 5.75 Å². The fourth-order valence-electron chi connectivity index (χ4n) is 1.48. The maximum absolute atomic E-state index is 11.5. The number of ether oxygens (including phenoxy) is 1. The molecular formula is C13H18O2S2. The lowest BCUT2D eigenvalue weighted by Crippen LogP contribution is -1.92. The summed E-state index contributed by atoms with van der Waals surface area (Å²) in [4.78, 5) is 0. The van der Waals surface area contributed by atoms with Crippen LogP contribution in [0.1, 0.15) is 18.1 Å². The summed E-state index contributed by atoms with van der Waals surface area (Å²) in [5, 5.41) is 0. The van der Waals surface area contributed by atoms with Crippen molar-refractivity contribution in [3.63, 3.8) is 0 Å². The first kappa shape index (κ1) is 14.3. The van der Waals surface area contributed by atoms with Crippen LogP contribution in [0.2, 0.25) is 0 Å². The minimum Gasteiger partial charge on any atom is -0.496 e. The van der Waals surface area contributed by atoms with E-state index in [4.69, 9.17) is 4.74 Å². The normalized spacial score (nSPS) is 13.5. The van der Waals surface area contributed by atoms with Crippen molar-refractivity contribution in [2.24, 2.45) is 0 Å². The van der Waals surface area contributed by atoms with Crippen LogP contribution in [-0.2, 0) is 17.2 Å². The molecule has 0 saturated heterocycles. The van der Waals surface area contributed by atoms with Crippen molar-refractivity contribution in [2.75, 3.05) is 19.6 Å². The van der Waals surface area contributed by atoms with Gasteiger partial charge in [0.1, 0.15) is 5.75 Å². The molecule has 0 fully saturated rings. The molecule has 0 N–H and O–H groups in total. The SMILES string of the molecule is CCc1ccc(/C=C(\SC)S(C)=O)c(OC)c1. The van der Waals surface area contributed by atoms with Crippen LogP contribution in [0.4, 0.5) is 0 Å². The Morgan fingerprint density at radius 3 is 2.71 bits per heavy atom. The number of hydrogen-bond donors (Lipinski definition) is 0. The number of rotatable bonds is 5. The van der Waals surface area contributed by atoms with Gasteiger partial charge in [-0.05, 0) is 30.4 Å². The first-order chi connectivity index (χ1) is 8.12. The van der Waals surface area contributed by atoms with E-state index in [0.29, 0.717) is 0 Å². The zero-order chi connectivity index (χ0) is 12.8. The highest BCUT2D eigenvalue weighted by atomic mass is 32.2. The second-order valence-corrected chi connectivity index (χ2v) is 6.01. The van der Waals surface area contributed by atoms with Crippen molar-refractivity contribution in [3.05, 3.63) is 33.6 Å². The molecular weight excluding hydrogens is 252 g/mol. The number of hydrogen-bond acceptors (Lipinski definition) is 3. The molecule has 1 atom stereocenters. The topological polar surface area (TPSA) is 26.3 Å². The molecule has 2 nitrogen and oxygen atoms in total. The smallest absolute Gasteiger partial charge is 0.126 e. The van der Waals surface area contributed by atoms with Crippen LogP contribution < -0.4 is 4.74 Å². The van der Waals surface area contributed by atoms with E-state index >= 15 is 0 Å². The zero-order valence-electron chi connectivity index (χ0n) is 10.6. The maximum atomic E-state index is 11.5. The summed E-state index contributed by atoms with van der Waals surface area (Å²) >= 11 is 1.51. The van der Waals surface area contributed by atoms with Gasteiger partial charge in [0.05, 0.1) is 22.1 Å². The summed E-state index contributed by atoms with van der Waals surface area (Å²) in [5.41, 5.74) is 2.21. The third-order valence-electron chi connectivity index (χ3n) is 2.46. The average Bonchev–Trinajstić information content (AvgIpc) is 2.35. The monoisotopic (exact) mass is 270 g/mol. The zero-order valence-corrected chi connectivity index (χ0v) is 12.3. The minimum atomic E-state index is -0.953. The molecule has 0 radical (unpaired) electrons. The van der Waals surface area contributed by atoms with Crippen LogP contribution in [0.15, 0.2) is 22.4 Å². The molecule has 1 aromatic carbocycles. The first-order valence-corrected chi connectivity index (χ1v) is 8.16. The highest BCUT2D eigenvalue weighted by molar-refractivity contribution is 8.16. The van der Waals surface area contributed by atoms with Crippen LogP contribution >= 0.6 is 11.8 Å². The Kier molecular flexibility index (Phi) is 5.78. The first-order valence-electron chi connectivity index (χ1n) is 5.38. The maximum Gasteiger partial charge on any atom is 0.126 e. The van der Waals surface area contributed by atoms with Crippen LogP contribution in [-0.4, -0.2) is 23.8 Å². The van der Waals surface area contributed by atoms with Gasteiger partial charge in [-0.25, -0.2) is 0 Å². The summed E-state index contributed by atoms with van der Waals surface area (Å²) < 4.78 is 17.7. The van der Waals surface area contributed by atoms with Gasteiger partial charge in [-0.15, -0.1) is 11.8 Å². The number of benzene rings is 1. The molecule has 0 aliphatic heterocycles. The van der Waals surface area contributed by atoms with E-state index in [0.717, 1.165) is 22.0 Å². The Morgan fingerprint density at radius 1 is 1.53 bits per heavy atom. The van der Waals surface area contributed by atoms with Crippen molar-refractivity contribution in [1.82, 2.24) is 0 Å². The van der Waals surface area contributed by atoms with Gasteiger partial charge < -0.3 is 4.74 Å². The second kappa shape index (κ2) is 6.87. The molecule has 0 bridgehead atoms. The molecule has 1 rings (SSSR count). The van der Waals surface area contributed by atoms with E-state index in [1.165, 1.54) is 17.3 Å². The fraction of sp³-hybridized carbons (Fsp3) is 0.385. The predicted molar refractivity (Wildman–Crippen MR) is 77.9 cm³/mol. The molecule has 17 heavy (non-hydrogen) atoms. The Bertz CT molecular complexity index is 439. The van der Waals surface area contributed by atoms with Crippen LogP contribution in [0.3, 0.4) is 0 Å². The minimum absolute atomic E-state index is 0.835. The van der Waals surface area contributed by atoms with Gasteiger partial charge in [0.15, 0.2) is 0 Å². The molecule has 0 spiro atoms.